The third-order valence-corrected chi connectivity index (χ3v) is 5.22. The highest BCUT2D eigenvalue weighted by atomic mass is 16.3. The summed E-state index contributed by atoms with van der Waals surface area (Å²) in [6, 6.07) is 8.59. The Hall–Kier alpha value is -0.860. The Labute approximate surface area is 130 Å². The average Bonchev–Trinajstić information content (AvgIpc) is 2.55. The number of likely N-dealkylation sites (tertiary alicyclic amines) is 1. The van der Waals surface area contributed by atoms with E-state index in [1.165, 1.54) is 31.2 Å². The second kappa shape index (κ2) is 7.42. The number of aliphatic hydroxyl groups excluding tert-OH is 1. The molecule has 2 heteroatoms. The average molecular weight is 289 g/mol. The maximum absolute atomic E-state index is 11.0. The molecule has 0 amide bonds. The topological polar surface area (TPSA) is 23.5 Å². The van der Waals surface area contributed by atoms with Crippen LogP contribution in [0.15, 0.2) is 24.3 Å². The molecule has 1 heterocycles. The zero-order valence-electron chi connectivity index (χ0n) is 13.9. The fourth-order valence-corrected chi connectivity index (χ4v) is 3.51. The molecule has 0 spiro atoms. The van der Waals surface area contributed by atoms with Gasteiger partial charge >= 0.3 is 0 Å². The minimum atomic E-state index is -0.406. The summed E-state index contributed by atoms with van der Waals surface area (Å²) < 4.78 is 0. The first-order valence-electron chi connectivity index (χ1n) is 8.63. The van der Waals surface area contributed by atoms with Crippen molar-refractivity contribution in [2.24, 2.45) is 0 Å². The van der Waals surface area contributed by atoms with Crippen molar-refractivity contribution in [3.05, 3.63) is 35.4 Å². The number of hydrogen-bond acceptors (Lipinski definition) is 2. The van der Waals surface area contributed by atoms with Crippen molar-refractivity contribution in [3.8, 4) is 0 Å². The lowest BCUT2D eigenvalue weighted by Crippen LogP contribution is -2.52. The SMILES string of the molecule is CCCc1ccc(C(O)C(C)(CC)N2CCCCC2)cc1. The summed E-state index contributed by atoms with van der Waals surface area (Å²) in [5.74, 6) is 0. The molecular formula is C19H31NO. The van der Waals surface area contributed by atoms with Crippen LogP contribution < -0.4 is 0 Å². The second-order valence-corrected chi connectivity index (χ2v) is 6.65. The second-order valence-electron chi connectivity index (χ2n) is 6.65. The van der Waals surface area contributed by atoms with Crippen LogP contribution in [0.4, 0.5) is 0 Å². The molecule has 1 aromatic carbocycles. The van der Waals surface area contributed by atoms with Crippen LogP contribution in [0.5, 0.6) is 0 Å². The van der Waals surface area contributed by atoms with Gasteiger partial charge in [-0.25, -0.2) is 0 Å². The molecule has 0 aliphatic carbocycles. The fraction of sp³-hybridized carbons (Fsp3) is 0.684. The van der Waals surface area contributed by atoms with E-state index in [-0.39, 0.29) is 5.54 Å². The Morgan fingerprint density at radius 1 is 1.10 bits per heavy atom. The molecule has 21 heavy (non-hydrogen) atoms. The molecule has 2 rings (SSSR count). The third kappa shape index (κ3) is 3.67. The van der Waals surface area contributed by atoms with E-state index in [1.54, 1.807) is 0 Å². The molecule has 2 unspecified atom stereocenters. The van der Waals surface area contributed by atoms with Crippen molar-refractivity contribution < 1.29 is 5.11 Å². The van der Waals surface area contributed by atoms with Gasteiger partial charge in [0.05, 0.1) is 6.10 Å². The lowest BCUT2D eigenvalue weighted by atomic mass is 9.83. The van der Waals surface area contributed by atoms with Crippen LogP contribution >= 0.6 is 0 Å². The Morgan fingerprint density at radius 3 is 2.24 bits per heavy atom. The molecule has 0 aromatic heterocycles. The van der Waals surface area contributed by atoms with Gasteiger partial charge in [0.15, 0.2) is 0 Å². The van der Waals surface area contributed by atoms with Gasteiger partial charge in [-0.2, -0.15) is 0 Å². The molecule has 1 aliphatic rings. The monoisotopic (exact) mass is 289 g/mol. The highest BCUT2D eigenvalue weighted by Crippen LogP contribution is 2.36. The van der Waals surface area contributed by atoms with E-state index in [1.807, 2.05) is 0 Å². The number of nitrogens with zero attached hydrogens (tertiary/aromatic N) is 1. The molecule has 0 radical (unpaired) electrons. The van der Waals surface area contributed by atoms with Crippen molar-refractivity contribution in [2.75, 3.05) is 13.1 Å². The first-order valence-corrected chi connectivity index (χ1v) is 8.63. The van der Waals surface area contributed by atoms with Crippen LogP contribution in [-0.2, 0) is 6.42 Å². The van der Waals surface area contributed by atoms with Crippen molar-refractivity contribution in [1.82, 2.24) is 4.90 Å². The molecule has 1 aromatic rings. The summed E-state index contributed by atoms with van der Waals surface area (Å²) >= 11 is 0. The van der Waals surface area contributed by atoms with E-state index >= 15 is 0 Å². The third-order valence-electron chi connectivity index (χ3n) is 5.22. The van der Waals surface area contributed by atoms with E-state index in [0.29, 0.717) is 0 Å². The smallest absolute Gasteiger partial charge is 0.0970 e. The van der Waals surface area contributed by atoms with Crippen molar-refractivity contribution in [1.29, 1.82) is 0 Å². The first kappa shape index (κ1) is 16.5. The lowest BCUT2D eigenvalue weighted by Gasteiger charge is -2.46. The minimum absolute atomic E-state index is 0.146. The van der Waals surface area contributed by atoms with Gasteiger partial charge in [0, 0.05) is 5.54 Å². The van der Waals surface area contributed by atoms with Crippen molar-refractivity contribution in [3.63, 3.8) is 0 Å². The van der Waals surface area contributed by atoms with Gasteiger partial charge in [-0.15, -0.1) is 0 Å². The summed E-state index contributed by atoms with van der Waals surface area (Å²) in [6.07, 6.45) is 6.71. The van der Waals surface area contributed by atoms with Crippen LogP contribution in [0.1, 0.15) is 70.1 Å². The van der Waals surface area contributed by atoms with Crippen LogP contribution in [0.25, 0.3) is 0 Å². The Morgan fingerprint density at radius 2 is 1.71 bits per heavy atom. The Balaban J connectivity index is 2.16. The number of aryl methyl sites for hydroxylation is 1. The predicted molar refractivity (Wildman–Crippen MR) is 89.5 cm³/mol. The van der Waals surface area contributed by atoms with E-state index < -0.39 is 6.10 Å². The molecule has 0 saturated carbocycles. The van der Waals surface area contributed by atoms with Gasteiger partial charge in [0.25, 0.3) is 0 Å². The van der Waals surface area contributed by atoms with Gasteiger partial charge in [0.2, 0.25) is 0 Å². The number of hydrogen-bond donors (Lipinski definition) is 1. The standard InChI is InChI=1S/C19H31NO/c1-4-9-16-10-12-17(13-11-16)18(21)19(3,5-2)20-14-7-6-8-15-20/h10-13,18,21H,4-9,14-15H2,1-3H3. The molecule has 2 nitrogen and oxygen atoms in total. The van der Waals surface area contributed by atoms with Gasteiger partial charge in [-0.05, 0) is 56.8 Å². The molecule has 118 valence electrons. The predicted octanol–water partition coefficient (Wildman–Crippen LogP) is 4.33. The van der Waals surface area contributed by atoms with E-state index in [4.69, 9.17) is 0 Å². The molecule has 0 bridgehead atoms. The van der Waals surface area contributed by atoms with Crippen LogP contribution in [-0.4, -0.2) is 28.6 Å². The Bertz CT molecular complexity index is 422. The number of benzene rings is 1. The maximum Gasteiger partial charge on any atom is 0.0970 e. The summed E-state index contributed by atoms with van der Waals surface area (Å²) in [7, 11) is 0. The highest BCUT2D eigenvalue weighted by Gasteiger charge is 2.38. The molecular weight excluding hydrogens is 258 g/mol. The summed E-state index contributed by atoms with van der Waals surface area (Å²) in [6.45, 7) is 8.87. The molecule has 1 N–H and O–H groups in total. The largest absolute Gasteiger partial charge is 0.386 e. The summed E-state index contributed by atoms with van der Waals surface area (Å²) in [5.41, 5.74) is 2.28. The quantitative estimate of drug-likeness (QED) is 0.842. The lowest BCUT2D eigenvalue weighted by molar-refractivity contribution is -0.0352. The molecule has 1 saturated heterocycles. The zero-order chi connectivity index (χ0) is 15.3. The normalized spacial score (nSPS) is 21.0. The van der Waals surface area contributed by atoms with Gasteiger partial charge in [0.1, 0.15) is 0 Å². The number of aliphatic hydroxyl groups is 1. The first-order chi connectivity index (χ1) is 10.1. The van der Waals surface area contributed by atoms with Crippen molar-refractivity contribution >= 4 is 0 Å². The Kier molecular flexibility index (Phi) is 5.83. The maximum atomic E-state index is 11.0. The molecule has 1 fully saturated rings. The van der Waals surface area contributed by atoms with Gasteiger partial charge in [-0.1, -0.05) is 51.0 Å². The van der Waals surface area contributed by atoms with E-state index in [0.717, 1.165) is 31.5 Å². The number of rotatable bonds is 6. The van der Waals surface area contributed by atoms with Crippen LogP contribution in [0.3, 0.4) is 0 Å². The zero-order valence-corrected chi connectivity index (χ0v) is 13.9. The fourth-order valence-electron chi connectivity index (χ4n) is 3.51. The number of piperidine rings is 1. The van der Waals surface area contributed by atoms with Crippen LogP contribution in [0.2, 0.25) is 0 Å². The minimum Gasteiger partial charge on any atom is -0.386 e. The summed E-state index contributed by atoms with van der Waals surface area (Å²) in [4.78, 5) is 2.50. The van der Waals surface area contributed by atoms with Gasteiger partial charge in [-0.3, -0.25) is 4.90 Å². The van der Waals surface area contributed by atoms with Crippen LogP contribution in [0, 0.1) is 0 Å². The van der Waals surface area contributed by atoms with Gasteiger partial charge < -0.3 is 5.11 Å². The molecule has 2 atom stereocenters. The van der Waals surface area contributed by atoms with E-state index in [2.05, 4.69) is 49.9 Å². The molecule has 1 aliphatic heterocycles. The highest BCUT2D eigenvalue weighted by molar-refractivity contribution is 5.26. The van der Waals surface area contributed by atoms with Crippen molar-refractivity contribution in [2.45, 2.75) is 70.9 Å². The summed E-state index contributed by atoms with van der Waals surface area (Å²) in [5, 5.41) is 11.0. The van der Waals surface area contributed by atoms with E-state index in [9.17, 15) is 5.11 Å².